The smallest absolute Gasteiger partial charge is 0.211 e. The summed E-state index contributed by atoms with van der Waals surface area (Å²) in [6.07, 6.45) is 7.72. The highest BCUT2D eigenvalue weighted by molar-refractivity contribution is 7.99. The molecule has 0 amide bonds. The topological polar surface area (TPSA) is 108 Å². The van der Waals surface area contributed by atoms with Crippen LogP contribution in [0.4, 0.5) is 11.8 Å². The Morgan fingerprint density at radius 3 is 2.73 bits per heavy atom. The van der Waals surface area contributed by atoms with Crippen LogP contribution in [0.5, 0.6) is 0 Å². The van der Waals surface area contributed by atoms with Gasteiger partial charge < -0.3 is 21.1 Å². The largest absolute Gasteiger partial charge is 0.384 e. The fraction of sp³-hybridized carbons (Fsp3) is 0.450. The third kappa shape index (κ3) is 3.30. The Kier molecular flexibility index (Phi) is 5.01. The second-order valence-electron chi connectivity index (χ2n) is 8.06. The van der Waals surface area contributed by atoms with E-state index in [1.807, 2.05) is 22.9 Å². The van der Waals surface area contributed by atoms with E-state index in [0.29, 0.717) is 11.0 Å². The molecule has 30 heavy (non-hydrogen) atoms. The Bertz CT molecular complexity index is 1080. The van der Waals surface area contributed by atoms with E-state index in [2.05, 4.69) is 21.8 Å². The normalized spacial score (nSPS) is 23.5. The number of fused-ring (bicyclic) bond motifs is 1. The van der Waals surface area contributed by atoms with Crippen LogP contribution >= 0.6 is 23.4 Å². The molecule has 2 atom stereocenters. The predicted octanol–water partition coefficient (Wildman–Crippen LogP) is 2.84. The number of aromatic nitrogens is 4. The third-order valence-electron chi connectivity index (χ3n) is 6.32. The molecule has 0 saturated carbocycles. The van der Waals surface area contributed by atoms with Crippen LogP contribution < -0.4 is 16.4 Å². The van der Waals surface area contributed by atoms with Gasteiger partial charge in [0.25, 0.3) is 0 Å². The van der Waals surface area contributed by atoms with Crippen LogP contribution in [-0.4, -0.2) is 51.2 Å². The van der Waals surface area contributed by atoms with Crippen molar-refractivity contribution in [3.05, 3.63) is 35.9 Å². The first kappa shape index (κ1) is 19.9. The van der Waals surface area contributed by atoms with Gasteiger partial charge in [0.05, 0.1) is 17.6 Å². The summed E-state index contributed by atoms with van der Waals surface area (Å²) in [6, 6.07) is 3.69. The van der Waals surface area contributed by atoms with Gasteiger partial charge >= 0.3 is 0 Å². The molecule has 0 aromatic carbocycles. The summed E-state index contributed by atoms with van der Waals surface area (Å²) in [7, 11) is 0. The number of rotatable bonds is 3. The van der Waals surface area contributed by atoms with Crippen molar-refractivity contribution in [2.75, 3.05) is 30.3 Å². The molecule has 1 spiro atoms. The molecule has 5 heterocycles. The minimum Gasteiger partial charge on any atom is -0.384 e. The summed E-state index contributed by atoms with van der Waals surface area (Å²) in [6.45, 7) is 4.61. The average molecular weight is 446 g/mol. The van der Waals surface area contributed by atoms with Gasteiger partial charge in [0.1, 0.15) is 11.0 Å². The number of hydrogen-bond donors (Lipinski definition) is 2. The van der Waals surface area contributed by atoms with Crippen LogP contribution in [0.3, 0.4) is 0 Å². The number of imidazole rings is 1. The number of nitrogens with two attached hydrogens (primary N) is 2. The minimum absolute atomic E-state index is 0.0820. The number of hydrogen-bond acceptors (Lipinski definition) is 8. The number of pyridine rings is 1. The van der Waals surface area contributed by atoms with Crippen LogP contribution in [0, 0.1) is 5.41 Å². The predicted molar refractivity (Wildman–Crippen MR) is 118 cm³/mol. The molecule has 2 saturated heterocycles. The molecule has 10 heteroatoms. The first-order valence-electron chi connectivity index (χ1n) is 10.0. The van der Waals surface area contributed by atoms with E-state index in [1.165, 1.54) is 11.8 Å². The molecule has 0 radical (unpaired) electrons. The lowest BCUT2D eigenvalue weighted by Gasteiger charge is -2.41. The second-order valence-corrected chi connectivity index (χ2v) is 9.50. The molecule has 0 aliphatic carbocycles. The molecule has 8 nitrogen and oxygen atoms in total. The molecule has 2 fully saturated rings. The maximum atomic E-state index is 6.46. The molecule has 5 rings (SSSR count). The van der Waals surface area contributed by atoms with Gasteiger partial charge in [-0.25, -0.2) is 15.0 Å². The van der Waals surface area contributed by atoms with Crippen molar-refractivity contribution in [1.82, 2.24) is 19.4 Å². The number of nitrogen functional groups attached to an aromatic ring is 1. The summed E-state index contributed by atoms with van der Waals surface area (Å²) >= 11 is 7.73. The summed E-state index contributed by atoms with van der Waals surface area (Å²) in [4.78, 5) is 17.5. The summed E-state index contributed by atoms with van der Waals surface area (Å²) in [5.74, 6) is 1.29. The third-order valence-corrected chi connectivity index (χ3v) is 7.78. The summed E-state index contributed by atoms with van der Waals surface area (Å²) in [5, 5.41) is 0.375. The number of anilines is 2. The van der Waals surface area contributed by atoms with Crippen molar-refractivity contribution in [1.29, 1.82) is 0 Å². The monoisotopic (exact) mass is 445 g/mol. The van der Waals surface area contributed by atoms with Crippen molar-refractivity contribution >= 4 is 40.8 Å². The summed E-state index contributed by atoms with van der Waals surface area (Å²) in [5.41, 5.74) is 13.1. The van der Waals surface area contributed by atoms with Crippen LogP contribution in [-0.2, 0) is 4.74 Å². The fourth-order valence-corrected chi connectivity index (χ4v) is 5.57. The highest BCUT2D eigenvalue weighted by atomic mass is 35.5. The van der Waals surface area contributed by atoms with Gasteiger partial charge in [-0.3, -0.25) is 4.40 Å². The van der Waals surface area contributed by atoms with Crippen molar-refractivity contribution in [3.63, 3.8) is 0 Å². The number of piperidine rings is 1. The Labute approximate surface area is 184 Å². The number of halogens is 1. The Morgan fingerprint density at radius 1 is 1.23 bits per heavy atom. The lowest BCUT2D eigenvalue weighted by Crippen LogP contribution is -2.51. The van der Waals surface area contributed by atoms with E-state index in [4.69, 9.17) is 32.8 Å². The zero-order chi connectivity index (χ0) is 20.9. The SMILES string of the molecule is C[C@@H]1OCC2(CCN(c3ncc(Sc4ccc(N)nc4Cl)c4nccn34)CC2)[C@@H]1N. The molecule has 3 aromatic rings. The highest BCUT2D eigenvalue weighted by Gasteiger charge is 2.47. The molecule has 0 bridgehead atoms. The average Bonchev–Trinajstić information content (AvgIpc) is 3.33. The zero-order valence-corrected chi connectivity index (χ0v) is 18.2. The van der Waals surface area contributed by atoms with Crippen LogP contribution in [0.25, 0.3) is 5.65 Å². The van der Waals surface area contributed by atoms with Crippen LogP contribution in [0.15, 0.2) is 40.5 Å². The van der Waals surface area contributed by atoms with Gasteiger partial charge in [0.2, 0.25) is 5.95 Å². The molecular formula is C20H24ClN7OS. The van der Waals surface area contributed by atoms with Crippen molar-refractivity contribution in [2.45, 2.75) is 41.7 Å². The molecule has 4 N–H and O–H groups in total. The standard InChI is InChI=1S/C20H24ClN7OS/c1-12-16(23)20(11-29-12)4-7-27(8-5-20)19-25-10-14(18-24-6-9-28(18)19)30-13-2-3-15(22)26-17(13)21/h2-3,6,9-10,12,16H,4-5,7-8,11,23H2,1H3,(H2,22,26)/t12-,16+/m0/s1. The van der Waals surface area contributed by atoms with E-state index in [-0.39, 0.29) is 17.6 Å². The molecule has 2 aliphatic rings. The van der Waals surface area contributed by atoms with Gasteiger partial charge in [-0.2, -0.15) is 0 Å². The lowest BCUT2D eigenvalue weighted by atomic mass is 9.73. The van der Waals surface area contributed by atoms with E-state index >= 15 is 0 Å². The van der Waals surface area contributed by atoms with Gasteiger partial charge in [0.15, 0.2) is 5.65 Å². The highest BCUT2D eigenvalue weighted by Crippen LogP contribution is 2.42. The zero-order valence-electron chi connectivity index (χ0n) is 16.7. The Hall–Kier alpha value is -2.07. The van der Waals surface area contributed by atoms with Crippen LogP contribution in [0.2, 0.25) is 5.15 Å². The van der Waals surface area contributed by atoms with Crippen LogP contribution in [0.1, 0.15) is 19.8 Å². The van der Waals surface area contributed by atoms with Gasteiger partial charge in [-0.1, -0.05) is 23.4 Å². The van der Waals surface area contributed by atoms with Gasteiger partial charge in [-0.15, -0.1) is 0 Å². The maximum Gasteiger partial charge on any atom is 0.211 e. The lowest BCUT2D eigenvalue weighted by molar-refractivity contribution is 0.0973. The molecule has 2 aliphatic heterocycles. The Balaban J connectivity index is 1.40. The van der Waals surface area contributed by atoms with E-state index in [1.54, 1.807) is 12.3 Å². The summed E-state index contributed by atoms with van der Waals surface area (Å²) < 4.78 is 7.88. The molecule has 3 aromatic heterocycles. The maximum absolute atomic E-state index is 6.46. The molecule has 0 unspecified atom stereocenters. The first-order valence-corrected chi connectivity index (χ1v) is 11.2. The van der Waals surface area contributed by atoms with Crippen molar-refractivity contribution in [2.24, 2.45) is 11.1 Å². The van der Waals surface area contributed by atoms with E-state index in [9.17, 15) is 0 Å². The quantitative estimate of drug-likeness (QED) is 0.592. The van der Waals surface area contributed by atoms with Gasteiger partial charge in [-0.05, 0) is 31.9 Å². The molecule has 158 valence electrons. The fourth-order valence-electron chi connectivity index (χ4n) is 4.44. The molecular weight excluding hydrogens is 422 g/mol. The minimum atomic E-state index is 0.0820. The first-order chi connectivity index (χ1) is 14.5. The van der Waals surface area contributed by atoms with E-state index in [0.717, 1.165) is 53.9 Å². The number of nitrogens with zero attached hydrogens (tertiary/aromatic N) is 5. The van der Waals surface area contributed by atoms with E-state index < -0.39 is 0 Å². The van der Waals surface area contributed by atoms with Gasteiger partial charge in [0, 0.05) is 48.0 Å². The Morgan fingerprint density at radius 2 is 2.03 bits per heavy atom. The van der Waals surface area contributed by atoms with Crippen molar-refractivity contribution < 1.29 is 4.74 Å². The van der Waals surface area contributed by atoms with Crippen molar-refractivity contribution in [3.8, 4) is 0 Å². The number of ether oxygens (including phenoxy) is 1. The second kappa shape index (κ2) is 7.56.